The second kappa shape index (κ2) is 5.73. The molecule has 0 unspecified atom stereocenters. The Balaban J connectivity index is 2.05. The van der Waals surface area contributed by atoms with E-state index in [1.54, 1.807) is 12.1 Å². The zero-order valence-corrected chi connectivity index (χ0v) is 10.7. The molecule has 0 radical (unpaired) electrons. The van der Waals surface area contributed by atoms with Crippen LogP contribution in [0.15, 0.2) is 24.3 Å². The average molecular weight is 262 g/mol. The number of piperidine rings is 1. The Hall–Kier alpha value is -2.04. The highest BCUT2D eigenvalue weighted by Crippen LogP contribution is 2.27. The zero-order valence-electron chi connectivity index (χ0n) is 10.7. The summed E-state index contributed by atoms with van der Waals surface area (Å²) < 4.78 is 0. The van der Waals surface area contributed by atoms with Crippen molar-refractivity contribution in [1.29, 1.82) is 0 Å². The fourth-order valence-corrected chi connectivity index (χ4v) is 2.58. The molecular weight excluding hydrogens is 244 g/mol. The van der Waals surface area contributed by atoms with Gasteiger partial charge in [0, 0.05) is 25.2 Å². The highest BCUT2D eigenvalue weighted by molar-refractivity contribution is 5.98. The third-order valence-corrected chi connectivity index (χ3v) is 3.59. The number of carboxylic acid groups (broad SMARTS) is 1. The minimum atomic E-state index is -0.740. The molecule has 1 saturated heterocycles. The van der Waals surface area contributed by atoms with Crippen LogP contribution in [0.1, 0.15) is 29.6 Å². The maximum Gasteiger partial charge on any atom is 0.303 e. The summed E-state index contributed by atoms with van der Waals surface area (Å²) in [7, 11) is 0. The summed E-state index contributed by atoms with van der Waals surface area (Å²) in [5, 5.41) is 8.79. The molecule has 1 aliphatic rings. The number of rotatable bonds is 4. The fraction of sp³-hybridized carbons (Fsp3) is 0.429. The quantitative estimate of drug-likeness (QED) is 0.860. The molecule has 1 aliphatic heterocycles. The minimum Gasteiger partial charge on any atom is -0.481 e. The number of para-hydroxylation sites is 1. The van der Waals surface area contributed by atoms with Crippen LogP contribution in [0.3, 0.4) is 0 Å². The summed E-state index contributed by atoms with van der Waals surface area (Å²) in [5.41, 5.74) is 6.75. The molecule has 5 nitrogen and oxygen atoms in total. The van der Waals surface area contributed by atoms with Crippen LogP contribution in [0, 0.1) is 5.92 Å². The summed E-state index contributed by atoms with van der Waals surface area (Å²) in [6, 6.07) is 7.28. The molecule has 5 heteroatoms. The number of nitrogens with zero attached hydrogens (tertiary/aromatic N) is 1. The lowest BCUT2D eigenvalue weighted by Gasteiger charge is -2.33. The first-order valence-corrected chi connectivity index (χ1v) is 6.43. The van der Waals surface area contributed by atoms with Gasteiger partial charge in [0.2, 0.25) is 0 Å². The van der Waals surface area contributed by atoms with Crippen LogP contribution >= 0.6 is 0 Å². The molecule has 0 atom stereocenters. The second-order valence-corrected chi connectivity index (χ2v) is 4.91. The Morgan fingerprint density at radius 2 is 1.89 bits per heavy atom. The highest BCUT2D eigenvalue weighted by Gasteiger charge is 2.23. The minimum absolute atomic E-state index is 0.227. The number of hydrogen-bond acceptors (Lipinski definition) is 3. The predicted molar refractivity (Wildman–Crippen MR) is 72.1 cm³/mol. The van der Waals surface area contributed by atoms with Crippen molar-refractivity contribution in [2.24, 2.45) is 11.7 Å². The van der Waals surface area contributed by atoms with E-state index in [1.807, 2.05) is 12.1 Å². The largest absolute Gasteiger partial charge is 0.481 e. The van der Waals surface area contributed by atoms with Crippen LogP contribution in [-0.4, -0.2) is 30.1 Å². The van der Waals surface area contributed by atoms with E-state index in [9.17, 15) is 9.59 Å². The normalized spacial score (nSPS) is 16.3. The molecule has 1 aromatic rings. The summed E-state index contributed by atoms with van der Waals surface area (Å²) in [6.45, 7) is 1.53. The van der Waals surface area contributed by atoms with Gasteiger partial charge in [-0.15, -0.1) is 0 Å². The Morgan fingerprint density at radius 1 is 1.26 bits per heavy atom. The van der Waals surface area contributed by atoms with Crippen molar-refractivity contribution < 1.29 is 14.7 Å². The third-order valence-electron chi connectivity index (χ3n) is 3.59. The van der Waals surface area contributed by atoms with Gasteiger partial charge in [-0.2, -0.15) is 0 Å². The lowest BCUT2D eigenvalue weighted by molar-refractivity contribution is -0.138. The van der Waals surface area contributed by atoms with E-state index in [4.69, 9.17) is 10.8 Å². The van der Waals surface area contributed by atoms with Gasteiger partial charge in [-0.05, 0) is 30.9 Å². The van der Waals surface area contributed by atoms with E-state index >= 15 is 0 Å². The van der Waals surface area contributed by atoms with Gasteiger partial charge >= 0.3 is 5.97 Å². The number of hydrogen-bond donors (Lipinski definition) is 2. The van der Waals surface area contributed by atoms with Crippen molar-refractivity contribution in [2.75, 3.05) is 18.0 Å². The molecule has 3 N–H and O–H groups in total. The van der Waals surface area contributed by atoms with Crippen molar-refractivity contribution in [3.8, 4) is 0 Å². The van der Waals surface area contributed by atoms with E-state index in [1.165, 1.54) is 0 Å². The van der Waals surface area contributed by atoms with E-state index in [0.717, 1.165) is 31.6 Å². The highest BCUT2D eigenvalue weighted by atomic mass is 16.4. The second-order valence-electron chi connectivity index (χ2n) is 4.91. The third kappa shape index (κ3) is 3.24. The molecule has 0 aliphatic carbocycles. The Kier molecular flexibility index (Phi) is 4.04. The van der Waals surface area contributed by atoms with Gasteiger partial charge in [-0.3, -0.25) is 9.59 Å². The predicted octanol–water partition coefficient (Wildman–Crippen LogP) is 1.48. The van der Waals surface area contributed by atoms with Crippen molar-refractivity contribution in [1.82, 2.24) is 0 Å². The van der Waals surface area contributed by atoms with Crippen LogP contribution in [-0.2, 0) is 4.79 Å². The van der Waals surface area contributed by atoms with Gasteiger partial charge < -0.3 is 15.7 Å². The molecular formula is C14H18N2O3. The molecule has 0 spiro atoms. The Labute approximate surface area is 112 Å². The number of primary amides is 1. The van der Waals surface area contributed by atoms with E-state index in [-0.39, 0.29) is 12.3 Å². The van der Waals surface area contributed by atoms with Gasteiger partial charge in [0.05, 0.1) is 5.56 Å². The number of carboxylic acids is 1. The summed E-state index contributed by atoms with van der Waals surface area (Å²) in [6.07, 6.45) is 1.89. The zero-order chi connectivity index (χ0) is 13.8. The number of carbonyl (C=O) groups is 2. The number of amides is 1. The van der Waals surface area contributed by atoms with E-state index < -0.39 is 11.9 Å². The number of aliphatic carboxylic acids is 1. The molecule has 1 aromatic carbocycles. The van der Waals surface area contributed by atoms with Crippen molar-refractivity contribution in [3.63, 3.8) is 0 Å². The van der Waals surface area contributed by atoms with Crippen LogP contribution in [0.25, 0.3) is 0 Å². The van der Waals surface area contributed by atoms with E-state index in [2.05, 4.69) is 4.90 Å². The molecule has 0 bridgehead atoms. The molecule has 1 amide bonds. The molecule has 2 rings (SSSR count). The number of nitrogens with two attached hydrogens (primary N) is 1. The average Bonchev–Trinajstić information content (AvgIpc) is 2.39. The van der Waals surface area contributed by atoms with Gasteiger partial charge in [0.15, 0.2) is 0 Å². The van der Waals surface area contributed by atoms with Crippen molar-refractivity contribution in [3.05, 3.63) is 29.8 Å². The summed E-state index contributed by atoms with van der Waals surface area (Å²) in [4.78, 5) is 24.2. The monoisotopic (exact) mass is 262 g/mol. The first kappa shape index (κ1) is 13.4. The SMILES string of the molecule is NC(=O)c1ccccc1N1CCC(CC(=O)O)CC1. The Morgan fingerprint density at radius 3 is 2.47 bits per heavy atom. The van der Waals surface area contributed by atoms with Crippen LogP contribution < -0.4 is 10.6 Å². The number of benzene rings is 1. The molecule has 102 valence electrons. The molecule has 19 heavy (non-hydrogen) atoms. The van der Waals surface area contributed by atoms with Gasteiger partial charge in [0.1, 0.15) is 0 Å². The van der Waals surface area contributed by atoms with Crippen molar-refractivity contribution in [2.45, 2.75) is 19.3 Å². The van der Waals surface area contributed by atoms with Gasteiger partial charge in [-0.25, -0.2) is 0 Å². The number of anilines is 1. The first-order chi connectivity index (χ1) is 9.08. The summed E-state index contributed by atoms with van der Waals surface area (Å²) >= 11 is 0. The van der Waals surface area contributed by atoms with Gasteiger partial charge in [-0.1, -0.05) is 12.1 Å². The standard InChI is InChI=1S/C14H18N2O3/c15-14(19)11-3-1-2-4-12(11)16-7-5-10(6-8-16)9-13(17)18/h1-4,10H,5-9H2,(H2,15,19)(H,17,18). The molecule has 0 aromatic heterocycles. The molecule has 0 saturated carbocycles. The van der Waals surface area contributed by atoms with Crippen LogP contribution in [0.4, 0.5) is 5.69 Å². The van der Waals surface area contributed by atoms with Crippen LogP contribution in [0.5, 0.6) is 0 Å². The smallest absolute Gasteiger partial charge is 0.303 e. The van der Waals surface area contributed by atoms with Crippen molar-refractivity contribution >= 4 is 17.6 Å². The van der Waals surface area contributed by atoms with E-state index in [0.29, 0.717) is 5.56 Å². The maximum atomic E-state index is 11.4. The Bertz CT molecular complexity index is 479. The fourth-order valence-electron chi connectivity index (χ4n) is 2.58. The summed E-state index contributed by atoms with van der Waals surface area (Å²) in [5.74, 6) is -0.936. The molecule has 1 heterocycles. The number of carbonyl (C=O) groups excluding carboxylic acids is 1. The lowest BCUT2D eigenvalue weighted by atomic mass is 9.93. The first-order valence-electron chi connectivity index (χ1n) is 6.43. The van der Waals surface area contributed by atoms with Gasteiger partial charge in [0.25, 0.3) is 5.91 Å². The van der Waals surface area contributed by atoms with Crippen LogP contribution in [0.2, 0.25) is 0 Å². The maximum absolute atomic E-state index is 11.4. The molecule has 1 fully saturated rings. The topological polar surface area (TPSA) is 83.6 Å². The lowest BCUT2D eigenvalue weighted by Crippen LogP contribution is -2.35.